The number of carboxylic acids is 1. The molecule has 0 aliphatic carbocycles. The number of pyridine rings is 1. The highest BCUT2D eigenvalue weighted by atomic mass is 31.2. The molecule has 0 aliphatic rings. The molecule has 6 nitrogen and oxygen atoms in total. The van der Waals surface area contributed by atoms with Crippen LogP contribution >= 0.6 is 7.37 Å². The molecule has 1 atom stereocenters. The van der Waals surface area contributed by atoms with Crippen LogP contribution in [-0.4, -0.2) is 32.9 Å². The number of rotatable bonds is 9. The van der Waals surface area contributed by atoms with Gasteiger partial charge in [0, 0.05) is 16.9 Å². The summed E-state index contributed by atoms with van der Waals surface area (Å²) < 4.78 is 12.7. The number of nitrogens with zero attached hydrogens (tertiary/aromatic N) is 1. The molecule has 1 heterocycles. The number of aromatic nitrogens is 1. The quantitative estimate of drug-likeness (QED) is 0.264. The summed E-state index contributed by atoms with van der Waals surface area (Å²) in [5.74, 6) is -0.970. The second-order valence-electron chi connectivity index (χ2n) is 9.09. The highest BCUT2D eigenvalue weighted by Crippen LogP contribution is 2.44. The van der Waals surface area contributed by atoms with E-state index in [0.29, 0.717) is 5.56 Å². The molecule has 0 saturated carbocycles. The summed E-state index contributed by atoms with van der Waals surface area (Å²) in [5, 5.41) is 8.79. The molecule has 0 saturated heterocycles. The minimum Gasteiger partial charge on any atom is -0.481 e. The predicted molar refractivity (Wildman–Crippen MR) is 140 cm³/mol. The average molecular weight is 492 g/mol. The van der Waals surface area contributed by atoms with E-state index in [2.05, 4.69) is 18.2 Å². The van der Waals surface area contributed by atoms with Gasteiger partial charge in [0.05, 0.1) is 17.5 Å². The van der Waals surface area contributed by atoms with Crippen LogP contribution in [-0.2, 0) is 14.2 Å². The van der Waals surface area contributed by atoms with Crippen molar-refractivity contribution in [3.05, 3.63) is 82.8 Å². The number of hydrogen-bond donors (Lipinski definition) is 2. The van der Waals surface area contributed by atoms with Gasteiger partial charge >= 0.3 is 5.97 Å². The van der Waals surface area contributed by atoms with Gasteiger partial charge in [-0.2, -0.15) is 0 Å². The summed E-state index contributed by atoms with van der Waals surface area (Å²) >= 11 is 0. The van der Waals surface area contributed by atoms with Crippen LogP contribution in [0.5, 0.6) is 0 Å². The fourth-order valence-electron chi connectivity index (χ4n) is 4.04. The second kappa shape index (κ2) is 10.9. The number of aliphatic carboxylic acids is 1. The highest BCUT2D eigenvalue weighted by molar-refractivity contribution is 7.62. The van der Waals surface area contributed by atoms with Crippen LogP contribution in [0.15, 0.2) is 60.4 Å². The van der Waals surface area contributed by atoms with Crippen molar-refractivity contribution in [1.29, 1.82) is 0 Å². The fourth-order valence-corrected chi connectivity index (χ4v) is 5.14. The van der Waals surface area contributed by atoms with Gasteiger partial charge in [-0.15, -0.1) is 0 Å². The number of carbonyl (C=O) groups is 2. The van der Waals surface area contributed by atoms with E-state index in [1.54, 1.807) is 6.08 Å². The van der Waals surface area contributed by atoms with Crippen LogP contribution in [0, 0.1) is 13.8 Å². The molecule has 1 unspecified atom stereocenters. The van der Waals surface area contributed by atoms with Gasteiger partial charge in [-0.25, -0.2) is 0 Å². The van der Waals surface area contributed by atoms with Crippen LogP contribution in [0.1, 0.15) is 48.6 Å². The Hall–Kier alpha value is -3.34. The van der Waals surface area contributed by atoms with Crippen LogP contribution in [0.25, 0.3) is 28.5 Å². The lowest BCUT2D eigenvalue weighted by Gasteiger charge is -2.18. The van der Waals surface area contributed by atoms with Crippen LogP contribution in [0.2, 0.25) is 0 Å². The van der Waals surface area contributed by atoms with E-state index in [1.165, 1.54) is 0 Å². The third-order valence-electron chi connectivity index (χ3n) is 5.46. The molecule has 3 aromatic rings. The molecule has 3 rings (SSSR count). The van der Waals surface area contributed by atoms with Gasteiger partial charge in [0.2, 0.25) is 7.37 Å². The summed E-state index contributed by atoms with van der Waals surface area (Å²) in [6.45, 7) is 8.05. The van der Waals surface area contributed by atoms with Crippen molar-refractivity contribution in [2.45, 2.75) is 40.0 Å². The molecule has 0 bridgehead atoms. The first-order chi connectivity index (χ1) is 16.4. The summed E-state index contributed by atoms with van der Waals surface area (Å²) in [4.78, 5) is 38.0. The van der Waals surface area contributed by atoms with E-state index in [4.69, 9.17) is 10.1 Å². The number of ketones is 1. The first-order valence-electron chi connectivity index (χ1n) is 11.4. The Kier molecular flexibility index (Phi) is 8.21. The van der Waals surface area contributed by atoms with E-state index in [1.807, 2.05) is 64.1 Å². The second-order valence-corrected chi connectivity index (χ2v) is 11.2. The molecular weight excluding hydrogens is 461 g/mol. The molecule has 7 heteroatoms. The first-order valence-corrected chi connectivity index (χ1v) is 13.3. The number of benzene rings is 2. The van der Waals surface area contributed by atoms with Crippen molar-refractivity contribution in [3.8, 4) is 22.4 Å². The minimum absolute atomic E-state index is 0.00897. The molecule has 1 aromatic heterocycles. The fraction of sp³-hybridized carbons (Fsp3) is 0.250. The van der Waals surface area contributed by atoms with Gasteiger partial charge in [0.25, 0.3) is 0 Å². The third kappa shape index (κ3) is 7.08. The Morgan fingerprint density at radius 2 is 1.63 bits per heavy atom. The number of Topliss-reactive ketones (excluding diaryl/α,β-unsaturated/α-hetero) is 1. The molecular formula is C28H30NO5P. The van der Waals surface area contributed by atoms with Crippen molar-refractivity contribution in [1.82, 2.24) is 4.98 Å². The smallest absolute Gasteiger partial charge is 0.310 e. The Morgan fingerprint density at radius 1 is 1.00 bits per heavy atom. The van der Waals surface area contributed by atoms with E-state index < -0.39 is 31.7 Å². The van der Waals surface area contributed by atoms with Gasteiger partial charge in [-0.3, -0.25) is 19.1 Å². The minimum atomic E-state index is -4.04. The van der Waals surface area contributed by atoms with Crippen molar-refractivity contribution >= 4 is 25.2 Å². The lowest BCUT2D eigenvalue weighted by atomic mass is 9.91. The van der Waals surface area contributed by atoms with Gasteiger partial charge in [0.15, 0.2) is 5.78 Å². The summed E-state index contributed by atoms with van der Waals surface area (Å²) in [5.41, 5.74) is 7.21. The molecule has 2 aromatic carbocycles. The summed E-state index contributed by atoms with van der Waals surface area (Å²) in [6, 6.07) is 18.0. The molecule has 0 aliphatic heterocycles. The lowest BCUT2D eigenvalue weighted by molar-refractivity contribution is -0.139. The molecule has 0 amide bonds. The van der Waals surface area contributed by atoms with Crippen LogP contribution in [0.3, 0.4) is 0 Å². The van der Waals surface area contributed by atoms with Crippen molar-refractivity contribution in [2.24, 2.45) is 0 Å². The van der Waals surface area contributed by atoms with E-state index in [9.17, 15) is 19.0 Å². The maximum absolute atomic E-state index is 12.7. The number of carboxylic acid groups (broad SMARTS) is 1. The van der Waals surface area contributed by atoms with E-state index in [0.717, 1.165) is 45.0 Å². The van der Waals surface area contributed by atoms with Crippen molar-refractivity contribution < 1.29 is 24.2 Å². The Balaban J connectivity index is 2.20. The third-order valence-corrected chi connectivity index (χ3v) is 6.88. The molecule has 35 heavy (non-hydrogen) atoms. The molecule has 182 valence electrons. The maximum atomic E-state index is 12.7. The molecule has 0 radical (unpaired) electrons. The van der Waals surface area contributed by atoms with Gasteiger partial charge in [0.1, 0.15) is 6.42 Å². The van der Waals surface area contributed by atoms with E-state index in [-0.39, 0.29) is 5.92 Å². The Morgan fingerprint density at radius 3 is 2.20 bits per heavy atom. The normalized spacial score (nSPS) is 13.2. The zero-order valence-electron chi connectivity index (χ0n) is 20.4. The first kappa shape index (κ1) is 26.3. The topological polar surface area (TPSA) is 105 Å². The maximum Gasteiger partial charge on any atom is 0.310 e. The molecule has 2 N–H and O–H groups in total. The standard InChI is InChI=1S/C28H30NO5P/c1-18(2)28-24(10-11-35(33,34)17-23(30)15-27(31)32)25(22-13-19(3)12-20(4)14-22)16-26(29-28)21-8-6-5-7-9-21/h5-14,16,18H,15,17H2,1-4H3,(H,31,32)(H,33,34). The number of hydrogen-bond acceptors (Lipinski definition) is 4. The molecule has 0 spiro atoms. The molecule has 0 fully saturated rings. The largest absolute Gasteiger partial charge is 0.481 e. The Bertz CT molecular complexity index is 1310. The summed E-state index contributed by atoms with van der Waals surface area (Å²) in [7, 11) is -4.04. The predicted octanol–water partition coefficient (Wildman–Crippen LogP) is 6.44. The van der Waals surface area contributed by atoms with Gasteiger partial charge in [-0.1, -0.05) is 73.5 Å². The SMILES string of the molecule is Cc1cc(C)cc(-c2cc(-c3ccccc3)nc(C(C)C)c2C=CP(=O)(O)CC(=O)CC(=O)O)c1. The van der Waals surface area contributed by atoms with Gasteiger partial charge in [-0.05, 0) is 43.0 Å². The zero-order chi connectivity index (χ0) is 25.8. The van der Waals surface area contributed by atoms with Crippen LogP contribution < -0.4 is 0 Å². The average Bonchev–Trinajstić information content (AvgIpc) is 2.76. The number of aryl methyl sites for hydroxylation is 2. The van der Waals surface area contributed by atoms with Gasteiger partial charge < -0.3 is 10.00 Å². The number of carbonyl (C=O) groups excluding carboxylic acids is 1. The highest BCUT2D eigenvalue weighted by Gasteiger charge is 2.23. The zero-order valence-corrected chi connectivity index (χ0v) is 21.3. The van der Waals surface area contributed by atoms with E-state index >= 15 is 0 Å². The van der Waals surface area contributed by atoms with Crippen molar-refractivity contribution in [3.63, 3.8) is 0 Å². The van der Waals surface area contributed by atoms with Crippen LogP contribution in [0.4, 0.5) is 0 Å². The monoisotopic (exact) mass is 491 g/mol. The van der Waals surface area contributed by atoms with Crippen molar-refractivity contribution in [2.75, 3.05) is 6.16 Å². The lowest BCUT2D eigenvalue weighted by Crippen LogP contribution is -2.10. The summed E-state index contributed by atoms with van der Waals surface area (Å²) in [6.07, 6.45) is 0.0525. The Labute approximate surface area is 205 Å².